The Morgan fingerprint density at radius 2 is 2.07 bits per heavy atom. The highest BCUT2D eigenvalue weighted by Crippen LogP contribution is 2.25. The van der Waals surface area contributed by atoms with Crippen molar-refractivity contribution in [2.45, 2.75) is 40.2 Å². The molecule has 1 aliphatic rings. The summed E-state index contributed by atoms with van der Waals surface area (Å²) in [7, 11) is 0. The maximum Gasteiger partial charge on any atom is 0.244 e. The molecule has 0 spiro atoms. The lowest BCUT2D eigenvalue weighted by atomic mass is 9.81. The zero-order valence-electron chi connectivity index (χ0n) is 9.89. The maximum atomic E-state index is 11.3. The second-order valence-corrected chi connectivity index (χ2v) is 5.19. The van der Waals surface area contributed by atoms with E-state index in [4.69, 9.17) is 0 Å². The fraction of sp³-hybridized carbons (Fsp3) is 0.818. The second kappa shape index (κ2) is 4.31. The molecular formula is C11H20N2O2. The zero-order chi connectivity index (χ0) is 11.6. The fourth-order valence-corrected chi connectivity index (χ4v) is 1.31. The molecule has 1 rings (SSSR count). The van der Waals surface area contributed by atoms with Crippen molar-refractivity contribution < 1.29 is 9.59 Å². The molecular weight excluding hydrogens is 192 g/mol. The Balaban J connectivity index is 2.44. The maximum absolute atomic E-state index is 11.3. The van der Waals surface area contributed by atoms with Crippen molar-refractivity contribution in [3.05, 3.63) is 0 Å². The monoisotopic (exact) mass is 212 g/mol. The first kappa shape index (κ1) is 12.2. The number of imide groups is 1. The van der Waals surface area contributed by atoms with Crippen molar-refractivity contribution in [1.82, 2.24) is 10.6 Å². The van der Waals surface area contributed by atoms with E-state index < -0.39 is 0 Å². The van der Waals surface area contributed by atoms with Gasteiger partial charge in [0.15, 0.2) is 0 Å². The minimum atomic E-state index is -0.337. The van der Waals surface area contributed by atoms with E-state index in [2.05, 4.69) is 38.3 Å². The van der Waals surface area contributed by atoms with Crippen LogP contribution < -0.4 is 10.6 Å². The molecule has 0 saturated carbocycles. The predicted molar refractivity (Wildman–Crippen MR) is 58.2 cm³/mol. The summed E-state index contributed by atoms with van der Waals surface area (Å²) < 4.78 is 0. The molecule has 1 saturated heterocycles. The Labute approximate surface area is 90.8 Å². The molecule has 15 heavy (non-hydrogen) atoms. The molecule has 1 heterocycles. The zero-order valence-corrected chi connectivity index (χ0v) is 9.89. The molecule has 1 unspecified atom stereocenters. The van der Waals surface area contributed by atoms with Gasteiger partial charge in [0, 0.05) is 6.54 Å². The molecule has 1 fully saturated rings. The van der Waals surface area contributed by atoms with E-state index in [1.807, 2.05) is 0 Å². The van der Waals surface area contributed by atoms with E-state index in [-0.39, 0.29) is 29.7 Å². The number of hydrogen-bond donors (Lipinski definition) is 2. The van der Waals surface area contributed by atoms with Crippen molar-refractivity contribution in [3.8, 4) is 0 Å². The third-order valence-corrected chi connectivity index (χ3v) is 3.34. The number of amides is 2. The van der Waals surface area contributed by atoms with Gasteiger partial charge in [-0.05, 0) is 11.3 Å². The predicted octanol–water partition coefficient (Wildman–Crippen LogP) is 0.673. The highest BCUT2D eigenvalue weighted by Gasteiger charge is 2.32. The number of carbonyl (C=O) groups excluding carboxylic acids is 2. The van der Waals surface area contributed by atoms with Crippen molar-refractivity contribution in [1.29, 1.82) is 0 Å². The average Bonchev–Trinajstić information content (AvgIpc) is 2.41. The average molecular weight is 212 g/mol. The third kappa shape index (κ3) is 3.02. The van der Waals surface area contributed by atoms with Crippen LogP contribution in [-0.4, -0.2) is 24.4 Å². The van der Waals surface area contributed by atoms with E-state index >= 15 is 0 Å². The van der Waals surface area contributed by atoms with Crippen LogP contribution in [0.2, 0.25) is 0 Å². The SMILES string of the molecule is CC(C)C(C)(C)CNC1CC(=O)NC1=O. The fourth-order valence-electron chi connectivity index (χ4n) is 1.31. The molecule has 2 N–H and O–H groups in total. The summed E-state index contributed by atoms with van der Waals surface area (Å²) in [6.45, 7) is 9.36. The van der Waals surface area contributed by atoms with Gasteiger partial charge < -0.3 is 5.32 Å². The smallest absolute Gasteiger partial charge is 0.244 e. The van der Waals surface area contributed by atoms with Crippen LogP contribution in [-0.2, 0) is 9.59 Å². The highest BCUT2D eigenvalue weighted by molar-refractivity contribution is 6.05. The molecule has 4 nitrogen and oxygen atoms in total. The lowest BCUT2D eigenvalue weighted by molar-refractivity contribution is -0.125. The van der Waals surface area contributed by atoms with Gasteiger partial charge in [-0.2, -0.15) is 0 Å². The minimum Gasteiger partial charge on any atom is -0.305 e. The quantitative estimate of drug-likeness (QED) is 0.673. The highest BCUT2D eigenvalue weighted by atomic mass is 16.2. The van der Waals surface area contributed by atoms with Crippen LogP contribution >= 0.6 is 0 Å². The van der Waals surface area contributed by atoms with Gasteiger partial charge in [0.25, 0.3) is 0 Å². The normalized spacial score (nSPS) is 22.3. The third-order valence-electron chi connectivity index (χ3n) is 3.34. The first-order chi connectivity index (χ1) is 6.83. The summed E-state index contributed by atoms with van der Waals surface area (Å²) >= 11 is 0. The first-order valence-electron chi connectivity index (χ1n) is 5.40. The molecule has 0 aromatic carbocycles. The topological polar surface area (TPSA) is 58.2 Å². The van der Waals surface area contributed by atoms with Crippen LogP contribution in [0.3, 0.4) is 0 Å². The van der Waals surface area contributed by atoms with Gasteiger partial charge in [-0.15, -0.1) is 0 Å². The van der Waals surface area contributed by atoms with Gasteiger partial charge in [0.05, 0.1) is 12.5 Å². The molecule has 1 atom stereocenters. The Hall–Kier alpha value is -0.900. The molecule has 0 bridgehead atoms. The van der Waals surface area contributed by atoms with Crippen LogP contribution in [0.1, 0.15) is 34.1 Å². The van der Waals surface area contributed by atoms with E-state index in [0.717, 1.165) is 6.54 Å². The van der Waals surface area contributed by atoms with Gasteiger partial charge in [0.2, 0.25) is 11.8 Å². The van der Waals surface area contributed by atoms with Gasteiger partial charge in [-0.25, -0.2) is 0 Å². The lowest BCUT2D eigenvalue weighted by Gasteiger charge is -2.30. The molecule has 0 aliphatic carbocycles. The molecule has 1 aliphatic heterocycles. The van der Waals surface area contributed by atoms with Gasteiger partial charge in [-0.3, -0.25) is 14.9 Å². The standard InChI is InChI=1S/C11H20N2O2/c1-7(2)11(3,4)6-12-8-5-9(14)13-10(8)15/h7-8,12H,5-6H2,1-4H3,(H,13,14,15). The first-order valence-corrected chi connectivity index (χ1v) is 5.40. The number of hydrogen-bond acceptors (Lipinski definition) is 3. The summed E-state index contributed by atoms with van der Waals surface area (Å²) in [6, 6.07) is -0.337. The summed E-state index contributed by atoms with van der Waals surface area (Å²) in [5.41, 5.74) is 0.131. The summed E-state index contributed by atoms with van der Waals surface area (Å²) in [6.07, 6.45) is 0.271. The van der Waals surface area contributed by atoms with Crippen molar-refractivity contribution in [3.63, 3.8) is 0 Å². The number of carbonyl (C=O) groups is 2. The Morgan fingerprint density at radius 1 is 1.47 bits per heavy atom. The van der Waals surface area contributed by atoms with Crippen LogP contribution in [0.15, 0.2) is 0 Å². The second-order valence-electron chi connectivity index (χ2n) is 5.19. The summed E-state index contributed by atoms with van der Waals surface area (Å²) in [4.78, 5) is 22.2. The van der Waals surface area contributed by atoms with Crippen LogP contribution in [0, 0.1) is 11.3 Å². The Bertz CT molecular complexity index is 272. The summed E-state index contributed by atoms with van der Waals surface area (Å²) in [5, 5.41) is 5.44. The summed E-state index contributed by atoms with van der Waals surface area (Å²) in [5.74, 6) is 0.157. The van der Waals surface area contributed by atoms with Crippen LogP contribution in [0.4, 0.5) is 0 Å². The van der Waals surface area contributed by atoms with E-state index in [0.29, 0.717) is 5.92 Å². The van der Waals surface area contributed by atoms with E-state index in [1.165, 1.54) is 0 Å². The van der Waals surface area contributed by atoms with Crippen LogP contribution in [0.25, 0.3) is 0 Å². The largest absolute Gasteiger partial charge is 0.305 e. The molecule has 86 valence electrons. The molecule has 0 radical (unpaired) electrons. The van der Waals surface area contributed by atoms with Gasteiger partial charge >= 0.3 is 0 Å². The van der Waals surface area contributed by atoms with E-state index in [9.17, 15) is 9.59 Å². The van der Waals surface area contributed by atoms with Gasteiger partial charge in [0.1, 0.15) is 0 Å². The number of nitrogens with one attached hydrogen (secondary N) is 2. The minimum absolute atomic E-state index is 0.131. The molecule has 0 aromatic rings. The van der Waals surface area contributed by atoms with Crippen molar-refractivity contribution in [2.75, 3.05) is 6.54 Å². The Kier molecular flexibility index (Phi) is 3.50. The number of rotatable bonds is 4. The molecule has 4 heteroatoms. The van der Waals surface area contributed by atoms with Crippen molar-refractivity contribution in [2.24, 2.45) is 11.3 Å². The van der Waals surface area contributed by atoms with Gasteiger partial charge in [-0.1, -0.05) is 27.7 Å². The van der Waals surface area contributed by atoms with Crippen molar-refractivity contribution >= 4 is 11.8 Å². The van der Waals surface area contributed by atoms with Crippen LogP contribution in [0.5, 0.6) is 0 Å². The molecule has 2 amide bonds. The Morgan fingerprint density at radius 3 is 2.47 bits per heavy atom. The molecule has 0 aromatic heterocycles. The lowest BCUT2D eigenvalue weighted by Crippen LogP contribution is -2.42. The van der Waals surface area contributed by atoms with E-state index in [1.54, 1.807) is 0 Å².